The van der Waals surface area contributed by atoms with Crippen molar-refractivity contribution in [1.82, 2.24) is 9.97 Å². The van der Waals surface area contributed by atoms with Gasteiger partial charge >= 0.3 is 6.09 Å². The summed E-state index contributed by atoms with van der Waals surface area (Å²) in [5, 5.41) is 10.1. The Bertz CT molecular complexity index is 638. The standard InChI is InChI=1S/C14H17N3O3/c15-14(19)20-11-7-3-5-9-12(11)17-13(16-9)8-4-1-2-6-10(8)18/h3,5,7-8,10,18H,1-2,4,6H2,(H2,15,19)(H,16,17). The van der Waals surface area contributed by atoms with Gasteiger partial charge in [0.15, 0.2) is 5.75 Å². The molecule has 1 aromatic heterocycles. The number of aliphatic hydroxyl groups excluding tert-OH is 1. The average Bonchev–Trinajstić information content (AvgIpc) is 2.83. The predicted molar refractivity (Wildman–Crippen MR) is 73.5 cm³/mol. The number of amides is 1. The third kappa shape index (κ3) is 2.34. The van der Waals surface area contributed by atoms with Crippen LogP contribution in [-0.2, 0) is 0 Å². The normalized spacial score (nSPS) is 22.9. The molecule has 0 radical (unpaired) electrons. The molecule has 1 fully saturated rings. The molecule has 2 atom stereocenters. The summed E-state index contributed by atoms with van der Waals surface area (Å²) in [6.07, 6.45) is 2.61. The molecule has 0 spiro atoms. The van der Waals surface area contributed by atoms with Gasteiger partial charge in [-0.1, -0.05) is 18.9 Å². The van der Waals surface area contributed by atoms with E-state index in [1.807, 2.05) is 6.07 Å². The zero-order chi connectivity index (χ0) is 14.1. The minimum atomic E-state index is -0.861. The maximum absolute atomic E-state index is 10.9. The molecule has 0 bridgehead atoms. The summed E-state index contributed by atoms with van der Waals surface area (Å²) in [5.41, 5.74) is 6.39. The van der Waals surface area contributed by atoms with Gasteiger partial charge in [-0.2, -0.15) is 0 Å². The minimum absolute atomic E-state index is 0.0116. The van der Waals surface area contributed by atoms with E-state index in [1.165, 1.54) is 0 Å². The van der Waals surface area contributed by atoms with E-state index in [0.717, 1.165) is 37.0 Å². The molecule has 2 unspecified atom stereocenters. The number of aromatic amines is 1. The predicted octanol–water partition coefficient (Wildman–Crippen LogP) is 2.04. The number of hydrogen-bond donors (Lipinski definition) is 3. The van der Waals surface area contributed by atoms with Crippen molar-refractivity contribution in [3.63, 3.8) is 0 Å². The number of nitrogens with zero attached hydrogens (tertiary/aromatic N) is 1. The maximum atomic E-state index is 10.9. The third-order valence-electron chi connectivity index (χ3n) is 3.79. The van der Waals surface area contributed by atoms with Crippen LogP contribution in [0.25, 0.3) is 11.0 Å². The van der Waals surface area contributed by atoms with Gasteiger partial charge in [-0.25, -0.2) is 9.78 Å². The summed E-state index contributed by atoms with van der Waals surface area (Å²) in [5.74, 6) is 1.09. The lowest BCUT2D eigenvalue weighted by molar-refractivity contribution is 0.103. The molecule has 20 heavy (non-hydrogen) atoms. The molecule has 1 amide bonds. The van der Waals surface area contributed by atoms with Gasteiger partial charge in [-0.3, -0.25) is 0 Å². The molecule has 6 nitrogen and oxygen atoms in total. The summed E-state index contributed by atoms with van der Waals surface area (Å²) < 4.78 is 4.95. The molecule has 1 aromatic carbocycles. The summed E-state index contributed by atoms with van der Waals surface area (Å²) >= 11 is 0. The van der Waals surface area contributed by atoms with Crippen LogP contribution in [0.4, 0.5) is 4.79 Å². The molecule has 106 valence electrons. The van der Waals surface area contributed by atoms with E-state index in [-0.39, 0.29) is 12.0 Å². The number of nitrogens with two attached hydrogens (primary N) is 1. The molecule has 1 heterocycles. The number of aromatic nitrogens is 2. The van der Waals surface area contributed by atoms with Crippen LogP contribution in [0, 0.1) is 0 Å². The van der Waals surface area contributed by atoms with Crippen LogP contribution >= 0.6 is 0 Å². The van der Waals surface area contributed by atoms with Gasteiger partial charge in [0.2, 0.25) is 0 Å². The fraction of sp³-hybridized carbons (Fsp3) is 0.429. The molecule has 1 aliphatic rings. The van der Waals surface area contributed by atoms with Crippen LogP contribution in [0.3, 0.4) is 0 Å². The van der Waals surface area contributed by atoms with Gasteiger partial charge in [0.05, 0.1) is 11.6 Å². The van der Waals surface area contributed by atoms with E-state index in [1.54, 1.807) is 12.1 Å². The molecule has 3 rings (SSSR count). The number of carbonyl (C=O) groups excluding carboxylic acids is 1. The van der Waals surface area contributed by atoms with Crippen molar-refractivity contribution in [2.24, 2.45) is 5.73 Å². The van der Waals surface area contributed by atoms with E-state index >= 15 is 0 Å². The number of ether oxygens (including phenoxy) is 1. The van der Waals surface area contributed by atoms with E-state index in [4.69, 9.17) is 10.5 Å². The fourth-order valence-electron chi connectivity index (χ4n) is 2.82. The highest BCUT2D eigenvalue weighted by atomic mass is 16.5. The zero-order valence-electron chi connectivity index (χ0n) is 11.0. The minimum Gasteiger partial charge on any atom is -0.408 e. The Morgan fingerprint density at radius 3 is 2.95 bits per heavy atom. The van der Waals surface area contributed by atoms with Gasteiger partial charge in [-0.15, -0.1) is 0 Å². The summed E-state index contributed by atoms with van der Waals surface area (Å²) in [4.78, 5) is 18.6. The average molecular weight is 275 g/mol. The topological polar surface area (TPSA) is 101 Å². The van der Waals surface area contributed by atoms with Crippen LogP contribution in [0.5, 0.6) is 5.75 Å². The number of imidazole rings is 1. The fourth-order valence-corrected chi connectivity index (χ4v) is 2.82. The van der Waals surface area contributed by atoms with Gasteiger partial charge in [0, 0.05) is 5.92 Å². The third-order valence-corrected chi connectivity index (χ3v) is 3.79. The Labute approximate surface area is 115 Å². The van der Waals surface area contributed by atoms with Gasteiger partial charge in [-0.05, 0) is 25.0 Å². The number of nitrogens with one attached hydrogen (secondary N) is 1. The molecule has 4 N–H and O–H groups in total. The first-order valence-corrected chi connectivity index (χ1v) is 6.79. The van der Waals surface area contributed by atoms with Gasteiger partial charge < -0.3 is 20.6 Å². The van der Waals surface area contributed by atoms with E-state index < -0.39 is 6.09 Å². The lowest BCUT2D eigenvalue weighted by Gasteiger charge is -2.25. The second-order valence-electron chi connectivity index (χ2n) is 5.15. The summed E-state index contributed by atoms with van der Waals surface area (Å²) in [7, 11) is 0. The van der Waals surface area contributed by atoms with Gasteiger partial charge in [0.1, 0.15) is 11.3 Å². The molecule has 6 heteroatoms. The molecule has 1 saturated carbocycles. The molecular formula is C14H17N3O3. The highest BCUT2D eigenvalue weighted by Crippen LogP contribution is 2.34. The van der Waals surface area contributed by atoms with Crippen LogP contribution in [0.15, 0.2) is 18.2 Å². The molecular weight excluding hydrogens is 258 g/mol. The first kappa shape index (κ1) is 12.9. The van der Waals surface area contributed by atoms with Crippen molar-refractivity contribution < 1.29 is 14.6 Å². The number of aliphatic hydroxyl groups is 1. The Morgan fingerprint density at radius 2 is 2.20 bits per heavy atom. The Balaban J connectivity index is 1.99. The number of rotatable bonds is 2. The monoisotopic (exact) mass is 275 g/mol. The molecule has 0 saturated heterocycles. The zero-order valence-corrected chi connectivity index (χ0v) is 11.0. The van der Waals surface area contributed by atoms with Crippen molar-refractivity contribution in [3.8, 4) is 5.75 Å². The second kappa shape index (κ2) is 5.13. The van der Waals surface area contributed by atoms with Crippen molar-refractivity contribution >= 4 is 17.1 Å². The number of fused-ring (bicyclic) bond motifs is 1. The van der Waals surface area contributed by atoms with E-state index in [9.17, 15) is 9.90 Å². The first-order valence-electron chi connectivity index (χ1n) is 6.79. The second-order valence-corrected chi connectivity index (χ2v) is 5.15. The number of H-pyrrole nitrogens is 1. The molecule has 1 aliphatic carbocycles. The highest BCUT2D eigenvalue weighted by Gasteiger charge is 2.27. The van der Waals surface area contributed by atoms with Crippen molar-refractivity contribution in [1.29, 1.82) is 0 Å². The Morgan fingerprint density at radius 1 is 1.40 bits per heavy atom. The molecule has 0 aliphatic heterocycles. The Kier molecular flexibility index (Phi) is 3.31. The molecule has 2 aromatic rings. The lowest BCUT2D eigenvalue weighted by Crippen LogP contribution is -2.23. The number of hydrogen-bond acceptors (Lipinski definition) is 4. The van der Waals surface area contributed by atoms with Crippen LogP contribution < -0.4 is 10.5 Å². The summed E-state index contributed by atoms with van der Waals surface area (Å²) in [6, 6.07) is 5.27. The van der Waals surface area contributed by atoms with Crippen LogP contribution in [-0.4, -0.2) is 27.3 Å². The largest absolute Gasteiger partial charge is 0.410 e. The van der Waals surface area contributed by atoms with E-state index in [2.05, 4.69) is 9.97 Å². The first-order chi connectivity index (χ1) is 9.65. The van der Waals surface area contributed by atoms with Crippen LogP contribution in [0.2, 0.25) is 0 Å². The number of para-hydroxylation sites is 1. The van der Waals surface area contributed by atoms with Gasteiger partial charge in [0.25, 0.3) is 0 Å². The quantitative estimate of drug-likeness (QED) is 0.780. The Hall–Kier alpha value is -2.08. The highest BCUT2D eigenvalue weighted by molar-refractivity contribution is 5.84. The number of carbonyl (C=O) groups is 1. The number of benzene rings is 1. The summed E-state index contributed by atoms with van der Waals surface area (Å²) in [6.45, 7) is 0. The van der Waals surface area contributed by atoms with Crippen molar-refractivity contribution in [2.75, 3.05) is 0 Å². The van der Waals surface area contributed by atoms with Crippen LogP contribution in [0.1, 0.15) is 37.4 Å². The maximum Gasteiger partial charge on any atom is 0.410 e. The van der Waals surface area contributed by atoms with Crippen molar-refractivity contribution in [3.05, 3.63) is 24.0 Å². The van der Waals surface area contributed by atoms with E-state index in [0.29, 0.717) is 11.3 Å². The smallest absolute Gasteiger partial charge is 0.408 e. The lowest BCUT2D eigenvalue weighted by atomic mass is 9.86. The van der Waals surface area contributed by atoms with Crippen molar-refractivity contribution in [2.45, 2.75) is 37.7 Å². The number of primary amides is 1. The SMILES string of the molecule is NC(=O)Oc1cccc2[nH]c(C3CCCCC3O)nc12.